The van der Waals surface area contributed by atoms with Crippen LogP contribution in [-0.2, 0) is 0 Å². The van der Waals surface area contributed by atoms with Crippen LogP contribution in [-0.4, -0.2) is 25.5 Å². The zero-order valence-electron chi connectivity index (χ0n) is 12.3. The number of hydrogen-bond acceptors (Lipinski definition) is 1. The molecule has 2 atom stereocenters. The molecule has 0 amide bonds. The molecule has 0 bridgehead atoms. The standard InChI is InChI=1S/C15H31N/c1-8-10-15(5,14(4)13(2)3)11-9-12-16(6)7/h14H,2,8-12H2,1,3-7H3. The normalized spacial score (nSPS) is 17.2. The summed E-state index contributed by atoms with van der Waals surface area (Å²) < 4.78 is 0. The molecule has 96 valence electrons. The van der Waals surface area contributed by atoms with E-state index < -0.39 is 0 Å². The molecule has 0 aromatic carbocycles. The maximum atomic E-state index is 4.14. The van der Waals surface area contributed by atoms with Gasteiger partial charge >= 0.3 is 0 Å². The van der Waals surface area contributed by atoms with Crippen LogP contribution in [0.5, 0.6) is 0 Å². The lowest BCUT2D eigenvalue weighted by Crippen LogP contribution is -2.27. The van der Waals surface area contributed by atoms with Crippen molar-refractivity contribution >= 4 is 0 Å². The molecule has 0 saturated carbocycles. The van der Waals surface area contributed by atoms with E-state index in [1.54, 1.807) is 0 Å². The SMILES string of the molecule is C=C(C)C(C)C(C)(CCC)CCCN(C)C. The predicted molar refractivity (Wildman–Crippen MR) is 74.8 cm³/mol. The van der Waals surface area contributed by atoms with Gasteiger partial charge in [-0.15, -0.1) is 0 Å². The third-order valence-corrected chi connectivity index (χ3v) is 3.96. The van der Waals surface area contributed by atoms with Gasteiger partial charge in [-0.25, -0.2) is 0 Å². The van der Waals surface area contributed by atoms with Crippen molar-refractivity contribution in [1.29, 1.82) is 0 Å². The first-order valence-electron chi connectivity index (χ1n) is 6.63. The summed E-state index contributed by atoms with van der Waals surface area (Å²) in [7, 11) is 4.30. The Morgan fingerprint density at radius 2 is 1.88 bits per heavy atom. The lowest BCUT2D eigenvalue weighted by molar-refractivity contribution is 0.180. The lowest BCUT2D eigenvalue weighted by Gasteiger charge is -2.37. The molecule has 2 unspecified atom stereocenters. The molecule has 1 nitrogen and oxygen atoms in total. The van der Waals surface area contributed by atoms with Crippen LogP contribution in [0.3, 0.4) is 0 Å². The molecule has 0 heterocycles. The van der Waals surface area contributed by atoms with Crippen LogP contribution in [0.4, 0.5) is 0 Å². The predicted octanol–water partition coefficient (Wildman–Crippen LogP) is 4.35. The van der Waals surface area contributed by atoms with Gasteiger partial charge in [0.2, 0.25) is 0 Å². The molecule has 16 heavy (non-hydrogen) atoms. The summed E-state index contributed by atoms with van der Waals surface area (Å²) in [6, 6.07) is 0. The largest absolute Gasteiger partial charge is 0.309 e. The van der Waals surface area contributed by atoms with Gasteiger partial charge in [-0.2, -0.15) is 0 Å². The van der Waals surface area contributed by atoms with Gasteiger partial charge in [-0.3, -0.25) is 0 Å². The third-order valence-electron chi connectivity index (χ3n) is 3.96. The van der Waals surface area contributed by atoms with E-state index in [9.17, 15) is 0 Å². The van der Waals surface area contributed by atoms with Crippen molar-refractivity contribution in [2.24, 2.45) is 11.3 Å². The van der Waals surface area contributed by atoms with Gasteiger partial charge in [0, 0.05) is 0 Å². The van der Waals surface area contributed by atoms with Gasteiger partial charge < -0.3 is 4.90 Å². The number of rotatable bonds is 8. The van der Waals surface area contributed by atoms with Gasteiger partial charge in [0.15, 0.2) is 0 Å². The topological polar surface area (TPSA) is 3.24 Å². The van der Waals surface area contributed by atoms with Crippen LogP contribution in [0.2, 0.25) is 0 Å². The molecule has 0 fully saturated rings. The average molecular weight is 225 g/mol. The van der Waals surface area contributed by atoms with Crippen LogP contribution in [0.1, 0.15) is 53.4 Å². The number of allylic oxidation sites excluding steroid dienone is 1. The van der Waals surface area contributed by atoms with Crippen LogP contribution >= 0.6 is 0 Å². The van der Waals surface area contributed by atoms with Crippen LogP contribution in [0, 0.1) is 11.3 Å². The highest BCUT2D eigenvalue weighted by Crippen LogP contribution is 2.40. The Bertz CT molecular complexity index is 207. The summed E-state index contributed by atoms with van der Waals surface area (Å²) in [5.74, 6) is 0.634. The molecule has 0 spiro atoms. The van der Waals surface area contributed by atoms with E-state index in [0.29, 0.717) is 11.3 Å². The van der Waals surface area contributed by atoms with E-state index in [0.717, 1.165) is 0 Å². The van der Waals surface area contributed by atoms with Gasteiger partial charge in [0.1, 0.15) is 0 Å². The van der Waals surface area contributed by atoms with Crippen molar-refractivity contribution < 1.29 is 0 Å². The highest BCUT2D eigenvalue weighted by molar-refractivity contribution is 5.01. The van der Waals surface area contributed by atoms with E-state index in [-0.39, 0.29) is 0 Å². The van der Waals surface area contributed by atoms with Crippen molar-refractivity contribution in [3.8, 4) is 0 Å². The van der Waals surface area contributed by atoms with Gasteiger partial charge in [0.05, 0.1) is 0 Å². The van der Waals surface area contributed by atoms with Crippen molar-refractivity contribution in [2.75, 3.05) is 20.6 Å². The summed E-state index contributed by atoms with van der Waals surface area (Å²) in [5, 5.41) is 0. The van der Waals surface area contributed by atoms with E-state index in [2.05, 4.69) is 53.3 Å². The number of nitrogens with zero attached hydrogens (tertiary/aromatic N) is 1. The van der Waals surface area contributed by atoms with Crippen molar-refractivity contribution in [3.63, 3.8) is 0 Å². The Balaban J connectivity index is 4.38. The zero-order valence-corrected chi connectivity index (χ0v) is 12.3. The van der Waals surface area contributed by atoms with E-state index >= 15 is 0 Å². The number of hydrogen-bond donors (Lipinski definition) is 0. The first-order valence-corrected chi connectivity index (χ1v) is 6.63. The van der Waals surface area contributed by atoms with Crippen molar-refractivity contribution in [3.05, 3.63) is 12.2 Å². The van der Waals surface area contributed by atoms with Crippen molar-refractivity contribution in [2.45, 2.75) is 53.4 Å². The molecule has 1 heteroatoms. The molecular weight excluding hydrogens is 194 g/mol. The Hall–Kier alpha value is -0.300. The highest BCUT2D eigenvalue weighted by atomic mass is 15.0. The molecular formula is C15H31N. The minimum atomic E-state index is 0.441. The third kappa shape index (κ3) is 5.16. The van der Waals surface area contributed by atoms with Gasteiger partial charge in [0.25, 0.3) is 0 Å². The summed E-state index contributed by atoms with van der Waals surface area (Å²) >= 11 is 0. The highest BCUT2D eigenvalue weighted by Gasteiger charge is 2.29. The molecule has 0 saturated heterocycles. The summed E-state index contributed by atoms with van der Waals surface area (Å²) in [6.07, 6.45) is 5.19. The first kappa shape index (κ1) is 15.7. The quantitative estimate of drug-likeness (QED) is 0.555. The maximum absolute atomic E-state index is 4.14. The van der Waals surface area contributed by atoms with E-state index in [1.807, 2.05) is 0 Å². The molecule has 0 aliphatic heterocycles. The molecule has 0 N–H and O–H groups in total. The average Bonchev–Trinajstić information content (AvgIpc) is 2.16. The second-order valence-electron chi connectivity index (χ2n) is 5.88. The molecule has 0 aliphatic rings. The Morgan fingerprint density at radius 1 is 1.31 bits per heavy atom. The van der Waals surface area contributed by atoms with Crippen LogP contribution in [0.15, 0.2) is 12.2 Å². The van der Waals surface area contributed by atoms with Crippen molar-refractivity contribution in [1.82, 2.24) is 4.90 Å². The fraction of sp³-hybridized carbons (Fsp3) is 0.867. The second-order valence-corrected chi connectivity index (χ2v) is 5.88. The monoisotopic (exact) mass is 225 g/mol. The molecule has 0 rings (SSSR count). The Morgan fingerprint density at radius 3 is 2.25 bits per heavy atom. The molecule has 0 aromatic rings. The Kier molecular flexibility index (Phi) is 6.98. The second kappa shape index (κ2) is 7.11. The molecule has 0 radical (unpaired) electrons. The smallest absolute Gasteiger partial charge is 0.00246 e. The van der Waals surface area contributed by atoms with Crippen LogP contribution in [0.25, 0.3) is 0 Å². The minimum absolute atomic E-state index is 0.441. The summed E-state index contributed by atoms with van der Waals surface area (Å²) in [4.78, 5) is 2.28. The van der Waals surface area contributed by atoms with Gasteiger partial charge in [-0.1, -0.05) is 39.3 Å². The zero-order chi connectivity index (χ0) is 12.8. The lowest BCUT2D eigenvalue weighted by atomic mass is 9.69. The van der Waals surface area contributed by atoms with Gasteiger partial charge in [-0.05, 0) is 58.2 Å². The Labute approximate surface area is 103 Å². The van der Waals surface area contributed by atoms with E-state index in [1.165, 1.54) is 37.8 Å². The molecule has 0 aliphatic carbocycles. The first-order chi connectivity index (χ1) is 7.33. The maximum Gasteiger partial charge on any atom is -0.00246 e. The fourth-order valence-electron chi connectivity index (χ4n) is 2.52. The van der Waals surface area contributed by atoms with Crippen LogP contribution < -0.4 is 0 Å². The summed E-state index contributed by atoms with van der Waals surface area (Å²) in [5.41, 5.74) is 1.78. The van der Waals surface area contributed by atoms with E-state index in [4.69, 9.17) is 0 Å². The molecule has 0 aromatic heterocycles. The summed E-state index contributed by atoms with van der Waals surface area (Å²) in [6.45, 7) is 14.6. The minimum Gasteiger partial charge on any atom is -0.309 e. The fourth-order valence-corrected chi connectivity index (χ4v) is 2.52.